The Bertz CT molecular complexity index is 765. The van der Waals surface area contributed by atoms with E-state index in [1.807, 2.05) is 48.5 Å². The predicted octanol–water partition coefficient (Wildman–Crippen LogP) is 3.93. The molecular formula is C19H19NO2. The Hall–Kier alpha value is -2.52. The molecule has 0 fully saturated rings. The second kappa shape index (κ2) is 6.50. The highest BCUT2D eigenvalue weighted by Crippen LogP contribution is 2.27. The molecule has 112 valence electrons. The number of benzene rings is 3. The van der Waals surface area contributed by atoms with Gasteiger partial charge in [0, 0.05) is 10.9 Å². The molecule has 0 amide bonds. The molecule has 0 radical (unpaired) electrons. The van der Waals surface area contributed by atoms with E-state index in [1.165, 1.54) is 0 Å². The monoisotopic (exact) mass is 293 g/mol. The van der Waals surface area contributed by atoms with E-state index in [9.17, 15) is 0 Å². The summed E-state index contributed by atoms with van der Waals surface area (Å²) in [4.78, 5) is 0. The Morgan fingerprint density at radius 2 is 1.55 bits per heavy atom. The molecule has 3 nitrogen and oxygen atoms in total. The minimum absolute atomic E-state index is 0.241. The van der Waals surface area contributed by atoms with Crippen LogP contribution in [0.3, 0.4) is 0 Å². The lowest BCUT2D eigenvalue weighted by atomic mass is 10.1. The van der Waals surface area contributed by atoms with Gasteiger partial charge in [-0.3, -0.25) is 0 Å². The van der Waals surface area contributed by atoms with Crippen molar-refractivity contribution in [3.8, 4) is 11.5 Å². The number of hydrogen-bond acceptors (Lipinski definition) is 3. The molecule has 1 unspecified atom stereocenters. The standard InChI is InChI=1S/C19H19NO2/c1-21-18-11-5-4-10-16(18)17(20)13-22-19-12-6-8-14-7-2-3-9-15(14)19/h2-12,17H,13,20H2,1H3. The van der Waals surface area contributed by atoms with E-state index < -0.39 is 0 Å². The van der Waals surface area contributed by atoms with Crippen molar-refractivity contribution in [2.45, 2.75) is 6.04 Å². The summed E-state index contributed by atoms with van der Waals surface area (Å²) < 4.78 is 11.3. The van der Waals surface area contributed by atoms with Gasteiger partial charge in [-0.15, -0.1) is 0 Å². The fourth-order valence-electron chi connectivity index (χ4n) is 2.56. The molecule has 0 aromatic heterocycles. The fraction of sp³-hybridized carbons (Fsp3) is 0.158. The van der Waals surface area contributed by atoms with Gasteiger partial charge in [-0.1, -0.05) is 54.6 Å². The zero-order chi connectivity index (χ0) is 15.4. The Kier molecular flexibility index (Phi) is 4.26. The van der Waals surface area contributed by atoms with Crippen LogP contribution in [-0.4, -0.2) is 13.7 Å². The van der Waals surface area contributed by atoms with E-state index in [2.05, 4.69) is 18.2 Å². The molecule has 3 aromatic rings. The topological polar surface area (TPSA) is 44.5 Å². The lowest BCUT2D eigenvalue weighted by Gasteiger charge is -2.17. The van der Waals surface area contributed by atoms with E-state index in [0.717, 1.165) is 27.8 Å². The van der Waals surface area contributed by atoms with E-state index in [0.29, 0.717) is 6.61 Å². The van der Waals surface area contributed by atoms with Crippen molar-refractivity contribution in [1.29, 1.82) is 0 Å². The van der Waals surface area contributed by atoms with Crippen LogP contribution in [0.25, 0.3) is 10.8 Å². The van der Waals surface area contributed by atoms with Crippen LogP contribution in [-0.2, 0) is 0 Å². The summed E-state index contributed by atoms with van der Waals surface area (Å²) >= 11 is 0. The summed E-state index contributed by atoms with van der Waals surface area (Å²) in [5.41, 5.74) is 7.21. The average Bonchev–Trinajstić information content (AvgIpc) is 2.59. The van der Waals surface area contributed by atoms with E-state index >= 15 is 0 Å². The van der Waals surface area contributed by atoms with Gasteiger partial charge in [0.25, 0.3) is 0 Å². The molecule has 0 saturated heterocycles. The average molecular weight is 293 g/mol. The van der Waals surface area contributed by atoms with Crippen LogP contribution in [0, 0.1) is 0 Å². The van der Waals surface area contributed by atoms with Crippen LogP contribution in [0.5, 0.6) is 11.5 Å². The molecule has 1 atom stereocenters. The summed E-state index contributed by atoms with van der Waals surface area (Å²) in [6.07, 6.45) is 0. The maximum Gasteiger partial charge on any atom is 0.127 e. The second-order valence-corrected chi connectivity index (χ2v) is 5.14. The van der Waals surface area contributed by atoms with Crippen LogP contribution >= 0.6 is 0 Å². The summed E-state index contributed by atoms with van der Waals surface area (Å²) in [6.45, 7) is 0.397. The Morgan fingerprint density at radius 1 is 0.864 bits per heavy atom. The first kappa shape index (κ1) is 14.4. The molecule has 0 aliphatic heterocycles. The molecule has 0 aliphatic carbocycles. The number of hydrogen-bond donors (Lipinski definition) is 1. The zero-order valence-corrected chi connectivity index (χ0v) is 12.5. The molecule has 3 heteroatoms. The molecule has 0 heterocycles. The Labute approximate surface area is 130 Å². The van der Waals surface area contributed by atoms with Crippen molar-refractivity contribution in [1.82, 2.24) is 0 Å². The number of ether oxygens (including phenoxy) is 2. The first-order valence-electron chi connectivity index (χ1n) is 7.28. The third kappa shape index (κ3) is 2.90. The van der Waals surface area contributed by atoms with Gasteiger partial charge in [-0.05, 0) is 17.5 Å². The van der Waals surface area contributed by atoms with E-state index in [4.69, 9.17) is 15.2 Å². The van der Waals surface area contributed by atoms with Gasteiger partial charge in [0.05, 0.1) is 13.2 Å². The molecule has 0 spiro atoms. The van der Waals surface area contributed by atoms with Crippen LogP contribution in [0.15, 0.2) is 66.7 Å². The highest BCUT2D eigenvalue weighted by molar-refractivity contribution is 5.88. The first-order chi connectivity index (χ1) is 10.8. The number of para-hydroxylation sites is 1. The van der Waals surface area contributed by atoms with Crippen LogP contribution in [0.1, 0.15) is 11.6 Å². The maximum absolute atomic E-state index is 6.26. The maximum atomic E-state index is 6.26. The minimum atomic E-state index is -0.241. The van der Waals surface area contributed by atoms with Crippen molar-refractivity contribution in [3.05, 3.63) is 72.3 Å². The lowest BCUT2D eigenvalue weighted by Crippen LogP contribution is -2.19. The highest BCUT2D eigenvalue weighted by Gasteiger charge is 2.12. The number of nitrogens with two attached hydrogens (primary N) is 1. The lowest BCUT2D eigenvalue weighted by molar-refractivity contribution is 0.289. The summed E-state index contributed by atoms with van der Waals surface area (Å²) in [5, 5.41) is 2.25. The van der Waals surface area contributed by atoms with Crippen LogP contribution in [0.4, 0.5) is 0 Å². The van der Waals surface area contributed by atoms with Gasteiger partial charge in [0.1, 0.15) is 18.1 Å². The van der Waals surface area contributed by atoms with Gasteiger partial charge in [0.2, 0.25) is 0 Å². The molecule has 3 aromatic carbocycles. The smallest absolute Gasteiger partial charge is 0.127 e. The van der Waals surface area contributed by atoms with Gasteiger partial charge in [-0.25, -0.2) is 0 Å². The molecular weight excluding hydrogens is 274 g/mol. The van der Waals surface area contributed by atoms with Crippen molar-refractivity contribution >= 4 is 10.8 Å². The van der Waals surface area contributed by atoms with Crippen molar-refractivity contribution in [2.75, 3.05) is 13.7 Å². The molecule has 0 bridgehead atoms. The fourth-order valence-corrected chi connectivity index (χ4v) is 2.56. The van der Waals surface area contributed by atoms with Crippen molar-refractivity contribution in [2.24, 2.45) is 5.73 Å². The third-order valence-electron chi connectivity index (χ3n) is 3.71. The SMILES string of the molecule is COc1ccccc1C(N)COc1cccc2ccccc12. The number of fused-ring (bicyclic) bond motifs is 1. The number of rotatable bonds is 5. The van der Waals surface area contributed by atoms with Crippen LogP contribution in [0.2, 0.25) is 0 Å². The van der Waals surface area contributed by atoms with Gasteiger partial charge < -0.3 is 15.2 Å². The normalized spacial score (nSPS) is 12.1. The molecule has 3 rings (SSSR count). The number of methoxy groups -OCH3 is 1. The van der Waals surface area contributed by atoms with E-state index in [1.54, 1.807) is 7.11 Å². The van der Waals surface area contributed by atoms with Crippen molar-refractivity contribution in [3.63, 3.8) is 0 Å². The first-order valence-corrected chi connectivity index (χ1v) is 7.28. The quantitative estimate of drug-likeness (QED) is 0.775. The van der Waals surface area contributed by atoms with E-state index in [-0.39, 0.29) is 6.04 Å². The van der Waals surface area contributed by atoms with Gasteiger partial charge >= 0.3 is 0 Å². The predicted molar refractivity (Wildman–Crippen MR) is 89.4 cm³/mol. The summed E-state index contributed by atoms with van der Waals surface area (Å²) in [6, 6.07) is 21.7. The summed E-state index contributed by atoms with van der Waals surface area (Å²) in [7, 11) is 1.65. The highest BCUT2D eigenvalue weighted by atomic mass is 16.5. The molecule has 0 saturated carbocycles. The van der Waals surface area contributed by atoms with Crippen LogP contribution < -0.4 is 15.2 Å². The minimum Gasteiger partial charge on any atom is -0.496 e. The molecule has 22 heavy (non-hydrogen) atoms. The molecule has 0 aliphatic rings. The van der Waals surface area contributed by atoms with Gasteiger partial charge in [0.15, 0.2) is 0 Å². The van der Waals surface area contributed by atoms with Gasteiger partial charge in [-0.2, -0.15) is 0 Å². The third-order valence-corrected chi connectivity index (χ3v) is 3.71. The molecule has 2 N–H and O–H groups in total. The Balaban J connectivity index is 1.79. The zero-order valence-electron chi connectivity index (χ0n) is 12.5. The second-order valence-electron chi connectivity index (χ2n) is 5.14. The summed E-state index contributed by atoms with van der Waals surface area (Å²) in [5.74, 6) is 1.64. The Morgan fingerprint density at radius 3 is 2.41 bits per heavy atom. The largest absolute Gasteiger partial charge is 0.496 e. The van der Waals surface area contributed by atoms with Crippen molar-refractivity contribution < 1.29 is 9.47 Å².